The van der Waals surface area contributed by atoms with Crippen molar-refractivity contribution in [1.82, 2.24) is 20.6 Å². The third-order valence-electron chi connectivity index (χ3n) is 5.22. The van der Waals surface area contributed by atoms with Crippen LogP contribution in [0, 0.1) is 6.92 Å². The van der Waals surface area contributed by atoms with Crippen molar-refractivity contribution in [3.05, 3.63) is 23.9 Å². The lowest BCUT2D eigenvalue weighted by Gasteiger charge is -2.13. The van der Waals surface area contributed by atoms with E-state index in [1.54, 1.807) is 0 Å². The Morgan fingerprint density at radius 2 is 1.29 bits per heavy atom. The first-order valence-electron chi connectivity index (χ1n) is 12.2. The highest BCUT2D eigenvalue weighted by Gasteiger charge is 2.08. The first-order chi connectivity index (χ1) is 15.0. The smallest absolute Gasteiger partial charge is 0.128 e. The number of aromatic nitrogens is 2. The topological polar surface area (TPSA) is 73.9 Å². The SMILES string of the molecule is Cc1ccc2nc(NCCCCCNC(C)C)cc(NCCCCCNC(C)C)c2n1. The van der Waals surface area contributed by atoms with E-state index in [0.717, 1.165) is 67.3 Å². The second-order valence-corrected chi connectivity index (χ2v) is 9.07. The molecule has 0 aromatic carbocycles. The third kappa shape index (κ3) is 10.3. The minimum atomic E-state index is 0.568. The molecule has 0 saturated carbocycles. The first kappa shape index (κ1) is 25.3. The van der Waals surface area contributed by atoms with Crippen molar-refractivity contribution in [3.63, 3.8) is 0 Å². The zero-order chi connectivity index (χ0) is 22.5. The molecule has 31 heavy (non-hydrogen) atoms. The average Bonchev–Trinajstić information content (AvgIpc) is 2.72. The summed E-state index contributed by atoms with van der Waals surface area (Å²) < 4.78 is 0. The van der Waals surface area contributed by atoms with Gasteiger partial charge in [0.15, 0.2) is 0 Å². The van der Waals surface area contributed by atoms with E-state index in [1.165, 1.54) is 25.7 Å². The van der Waals surface area contributed by atoms with E-state index in [9.17, 15) is 0 Å². The predicted molar refractivity (Wildman–Crippen MR) is 135 cm³/mol. The maximum atomic E-state index is 4.79. The monoisotopic (exact) mass is 428 g/mol. The molecular weight excluding hydrogens is 384 g/mol. The lowest BCUT2D eigenvalue weighted by molar-refractivity contribution is 0.552. The molecule has 2 heterocycles. The minimum absolute atomic E-state index is 0.568. The molecule has 2 aromatic heterocycles. The molecule has 6 heteroatoms. The summed E-state index contributed by atoms with van der Waals surface area (Å²) in [7, 11) is 0. The van der Waals surface area contributed by atoms with Gasteiger partial charge >= 0.3 is 0 Å². The molecule has 0 atom stereocenters. The van der Waals surface area contributed by atoms with Crippen molar-refractivity contribution in [3.8, 4) is 0 Å². The molecular formula is C25H44N6. The van der Waals surface area contributed by atoms with Crippen LogP contribution in [0.5, 0.6) is 0 Å². The molecule has 2 aromatic rings. The molecule has 0 spiro atoms. The molecule has 0 saturated heterocycles. The summed E-state index contributed by atoms with van der Waals surface area (Å²) in [6, 6.07) is 7.36. The maximum Gasteiger partial charge on any atom is 0.128 e. The van der Waals surface area contributed by atoms with Gasteiger partial charge in [-0.05, 0) is 57.8 Å². The van der Waals surface area contributed by atoms with E-state index < -0.39 is 0 Å². The van der Waals surface area contributed by atoms with Crippen molar-refractivity contribution in [2.24, 2.45) is 0 Å². The molecule has 0 unspecified atom stereocenters. The third-order valence-corrected chi connectivity index (χ3v) is 5.22. The van der Waals surface area contributed by atoms with Gasteiger partial charge in [-0.15, -0.1) is 0 Å². The summed E-state index contributed by atoms with van der Waals surface area (Å²) in [5.74, 6) is 0.932. The highest BCUT2D eigenvalue weighted by molar-refractivity contribution is 5.89. The number of pyridine rings is 2. The number of unbranched alkanes of at least 4 members (excludes halogenated alkanes) is 4. The van der Waals surface area contributed by atoms with Crippen molar-refractivity contribution in [1.29, 1.82) is 0 Å². The second kappa shape index (κ2) is 14.2. The van der Waals surface area contributed by atoms with Crippen molar-refractivity contribution < 1.29 is 0 Å². The first-order valence-corrected chi connectivity index (χ1v) is 12.2. The van der Waals surface area contributed by atoms with Gasteiger partial charge in [0.2, 0.25) is 0 Å². The lowest BCUT2D eigenvalue weighted by Crippen LogP contribution is -2.23. The van der Waals surface area contributed by atoms with Crippen molar-refractivity contribution in [2.45, 2.75) is 85.2 Å². The van der Waals surface area contributed by atoms with Crippen LogP contribution in [0.1, 0.15) is 71.9 Å². The van der Waals surface area contributed by atoms with Crippen molar-refractivity contribution in [2.75, 3.05) is 36.8 Å². The fourth-order valence-corrected chi connectivity index (χ4v) is 3.50. The molecule has 6 nitrogen and oxygen atoms in total. The van der Waals surface area contributed by atoms with Crippen molar-refractivity contribution >= 4 is 22.5 Å². The van der Waals surface area contributed by atoms with Crippen LogP contribution in [-0.4, -0.2) is 48.2 Å². The van der Waals surface area contributed by atoms with E-state index >= 15 is 0 Å². The maximum absolute atomic E-state index is 4.79. The Labute approximate surface area is 189 Å². The van der Waals surface area contributed by atoms with E-state index in [0.29, 0.717) is 12.1 Å². The fourth-order valence-electron chi connectivity index (χ4n) is 3.50. The Kier molecular flexibility index (Phi) is 11.6. The number of anilines is 2. The van der Waals surface area contributed by atoms with E-state index in [4.69, 9.17) is 9.97 Å². The van der Waals surface area contributed by atoms with Crippen LogP contribution in [0.25, 0.3) is 11.0 Å². The van der Waals surface area contributed by atoms with E-state index in [1.807, 2.05) is 13.0 Å². The van der Waals surface area contributed by atoms with Gasteiger partial charge in [0.05, 0.1) is 11.2 Å². The summed E-state index contributed by atoms with van der Waals surface area (Å²) in [5, 5.41) is 14.1. The average molecular weight is 429 g/mol. The summed E-state index contributed by atoms with van der Waals surface area (Å²) >= 11 is 0. The molecule has 2 rings (SSSR count). The summed E-state index contributed by atoms with van der Waals surface area (Å²) in [6.07, 6.45) is 7.18. The van der Waals surface area contributed by atoms with Crippen LogP contribution >= 0.6 is 0 Å². The Hall–Kier alpha value is -1.92. The molecule has 0 radical (unpaired) electrons. The van der Waals surface area contributed by atoms with Gasteiger partial charge in [-0.25, -0.2) is 9.97 Å². The second-order valence-electron chi connectivity index (χ2n) is 9.07. The van der Waals surface area contributed by atoms with Gasteiger partial charge in [-0.3, -0.25) is 0 Å². The molecule has 0 bridgehead atoms. The number of aryl methyl sites for hydroxylation is 1. The highest BCUT2D eigenvalue weighted by Crippen LogP contribution is 2.24. The zero-order valence-electron chi connectivity index (χ0n) is 20.4. The minimum Gasteiger partial charge on any atom is -0.383 e. The Bertz CT molecular complexity index is 759. The number of nitrogens with zero attached hydrogens (tertiary/aromatic N) is 2. The largest absolute Gasteiger partial charge is 0.383 e. The molecule has 0 amide bonds. The Morgan fingerprint density at radius 1 is 0.710 bits per heavy atom. The van der Waals surface area contributed by atoms with Crippen LogP contribution in [-0.2, 0) is 0 Å². The normalized spacial score (nSPS) is 11.6. The summed E-state index contributed by atoms with van der Waals surface area (Å²) in [4.78, 5) is 9.52. The molecule has 0 aliphatic carbocycles. The van der Waals surface area contributed by atoms with Crippen LogP contribution in [0.3, 0.4) is 0 Å². The van der Waals surface area contributed by atoms with Crippen LogP contribution in [0.15, 0.2) is 18.2 Å². The molecule has 0 aliphatic rings. The van der Waals surface area contributed by atoms with Crippen LogP contribution in [0.2, 0.25) is 0 Å². The van der Waals surface area contributed by atoms with Crippen LogP contribution < -0.4 is 21.3 Å². The van der Waals surface area contributed by atoms with E-state index in [-0.39, 0.29) is 0 Å². The highest BCUT2D eigenvalue weighted by atomic mass is 15.0. The number of hydrogen-bond acceptors (Lipinski definition) is 6. The lowest BCUT2D eigenvalue weighted by atomic mass is 10.2. The fraction of sp³-hybridized carbons (Fsp3) is 0.680. The number of nitrogens with one attached hydrogen (secondary N) is 4. The summed E-state index contributed by atoms with van der Waals surface area (Å²) in [5.41, 5.74) is 4.01. The van der Waals surface area contributed by atoms with Gasteiger partial charge in [0, 0.05) is 36.9 Å². The van der Waals surface area contributed by atoms with Gasteiger partial charge in [-0.2, -0.15) is 0 Å². The molecule has 174 valence electrons. The Balaban J connectivity index is 1.84. The molecule has 4 N–H and O–H groups in total. The predicted octanol–water partition coefficient (Wildman–Crippen LogP) is 5.10. The number of hydrogen-bond donors (Lipinski definition) is 4. The quantitative estimate of drug-likeness (QED) is 0.279. The van der Waals surface area contributed by atoms with Gasteiger partial charge in [0.1, 0.15) is 11.3 Å². The summed E-state index contributed by atoms with van der Waals surface area (Å²) in [6.45, 7) is 14.9. The van der Waals surface area contributed by atoms with Gasteiger partial charge in [0.25, 0.3) is 0 Å². The van der Waals surface area contributed by atoms with Crippen LogP contribution in [0.4, 0.5) is 11.5 Å². The number of rotatable bonds is 16. The number of fused-ring (bicyclic) bond motifs is 1. The standard InChI is InChI=1S/C25H44N6/c1-19(2)26-14-8-6-10-16-28-23-18-24(29-17-11-7-9-15-27-20(3)4)31-22-13-12-21(5)30-25(22)23/h12-13,18-20,26-27H,6-11,14-17H2,1-5H3,(H2,28,29,31). The van der Waals surface area contributed by atoms with E-state index in [2.05, 4.69) is 61.1 Å². The van der Waals surface area contributed by atoms with Gasteiger partial charge in [-0.1, -0.05) is 40.5 Å². The zero-order valence-corrected chi connectivity index (χ0v) is 20.4. The molecule has 0 aliphatic heterocycles. The Morgan fingerprint density at radius 3 is 1.90 bits per heavy atom. The van der Waals surface area contributed by atoms with Gasteiger partial charge < -0.3 is 21.3 Å². The molecule has 0 fully saturated rings.